The molecule has 2 amide bonds. The van der Waals surface area contributed by atoms with E-state index in [4.69, 9.17) is 4.98 Å². The molecule has 0 unspecified atom stereocenters. The number of amides is 2. The zero-order chi connectivity index (χ0) is 22.6. The number of aromatic nitrogens is 5. The van der Waals surface area contributed by atoms with E-state index in [0.717, 1.165) is 23.2 Å². The molecule has 164 valence electrons. The van der Waals surface area contributed by atoms with Gasteiger partial charge in [-0.3, -0.25) is 14.5 Å². The first-order valence-electron chi connectivity index (χ1n) is 11.0. The van der Waals surface area contributed by atoms with Crippen molar-refractivity contribution in [2.24, 2.45) is 5.92 Å². The first-order valence-corrected chi connectivity index (χ1v) is 11.0. The lowest BCUT2D eigenvalue weighted by molar-refractivity contribution is 0.0652. The Bertz CT molecular complexity index is 1350. The van der Waals surface area contributed by atoms with Crippen LogP contribution in [0.4, 0.5) is 0 Å². The third-order valence-corrected chi connectivity index (χ3v) is 6.20. The predicted octanol–water partition coefficient (Wildman–Crippen LogP) is 3.58. The Hall–Kier alpha value is -3.55. The SMILES string of the molecule is Cc1c(C)n(CC(C)C)c2ncn3nc(CCCN4C(=O)c5ccccc5C4=O)nc3c12. The summed E-state index contributed by atoms with van der Waals surface area (Å²) in [5.41, 5.74) is 5.07. The van der Waals surface area contributed by atoms with Crippen LogP contribution < -0.4 is 0 Å². The Labute approximate surface area is 185 Å². The number of hydrogen-bond acceptors (Lipinski definition) is 5. The van der Waals surface area contributed by atoms with Gasteiger partial charge in [0.2, 0.25) is 0 Å². The highest BCUT2D eigenvalue weighted by molar-refractivity contribution is 6.21. The Morgan fingerprint density at radius 1 is 1.00 bits per heavy atom. The molecule has 3 aromatic heterocycles. The van der Waals surface area contributed by atoms with Crippen molar-refractivity contribution in [3.8, 4) is 0 Å². The molecule has 4 aromatic rings. The van der Waals surface area contributed by atoms with Gasteiger partial charge in [0.1, 0.15) is 12.0 Å². The normalized spacial score (nSPS) is 13.8. The van der Waals surface area contributed by atoms with Crippen LogP contribution in [-0.2, 0) is 13.0 Å². The van der Waals surface area contributed by atoms with Crippen LogP contribution in [0.25, 0.3) is 16.7 Å². The fraction of sp³-hybridized carbons (Fsp3) is 0.375. The number of carbonyl (C=O) groups is 2. The molecule has 1 aliphatic rings. The van der Waals surface area contributed by atoms with Crippen LogP contribution in [0.1, 0.15) is 58.1 Å². The number of carbonyl (C=O) groups excluding carboxylic acids is 2. The highest BCUT2D eigenvalue weighted by atomic mass is 16.2. The van der Waals surface area contributed by atoms with Crippen molar-refractivity contribution in [2.75, 3.05) is 6.54 Å². The van der Waals surface area contributed by atoms with Crippen molar-refractivity contribution < 1.29 is 9.59 Å². The number of imide groups is 1. The van der Waals surface area contributed by atoms with Gasteiger partial charge in [-0.25, -0.2) is 14.5 Å². The maximum absolute atomic E-state index is 12.5. The van der Waals surface area contributed by atoms with E-state index in [1.807, 2.05) is 0 Å². The van der Waals surface area contributed by atoms with Crippen molar-refractivity contribution in [3.05, 3.63) is 58.8 Å². The van der Waals surface area contributed by atoms with Crippen LogP contribution in [0.5, 0.6) is 0 Å². The molecule has 0 N–H and O–H groups in total. The Morgan fingerprint density at radius 2 is 1.69 bits per heavy atom. The van der Waals surface area contributed by atoms with Crippen molar-refractivity contribution in [1.82, 2.24) is 29.0 Å². The number of benzene rings is 1. The molecule has 0 fully saturated rings. The summed E-state index contributed by atoms with van der Waals surface area (Å²) in [5, 5.41) is 5.62. The smallest absolute Gasteiger partial charge is 0.261 e. The Kier molecular flexibility index (Phi) is 4.80. The quantitative estimate of drug-likeness (QED) is 0.437. The zero-order valence-corrected chi connectivity index (χ0v) is 18.8. The molecule has 8 heteroatoms. The number of aryl methyl sites for hydroxylation is 2. The molecule has 0 aliphatic carbocycles. The van der Waals surface area contributed by atoms with Gasteiger partial charge in [0.15, 0.2) is 11.5 Å². The van der Waals surface area contributed by atoms with E-state index in [0.29, 0.717) is 42.3 Å². The van der Waals surface area contributed by atoms with Crippen LogP contribution in [0, 0.1) is 19.8 Å². The molecule has 0 saturated carbocycles. The summed E-state index contributed by atoms with van der Waals surface area (Å²) in [5.74, 6) is 0.746. The first kappa shape index (κ1) is 20.4. The summed E-state index contributed by atoms with van der Waals surface area (Å²) in [7, 11) is 0. The molecule has 8 nitrogen and oxygen atoms in total. The van der Waals surface area contributed by atoms with Gasteiger partial charge in [-0.15, -0.1) is 5.10 Å². The standard InChI is InChI=1S/C24H26N6O2/c1-14(2)12-29-16(4)15(3)20-21(29)25-13-30-22(20)26-19(27-30)10-7-11-28-23(31)17-8-5-6-9-18(17)24(28)32/h5-6,8-9,13-14H,7,10-12H2,1-4H3. The van der Waals surface area contributed by atoms with E-state index < -0.39 is 0 Å². The monoisotopic (exact) mass is 430 g/mol. The summed E-state index contributed by atoms with van der Waals surface area (Å²) >= 11 is 0. The largest absolute Gasteiger partial charge is 0.329 e. The highest BCUT2D eigenvalue weighted by Crippen LogP contribution is 2.28. The molecule has 0 radical (unpaired) electrons. The minimum absolute atomic E-state index is 0.225. The third kappa shape index (κ3) is 3.09. The number of nitrogens with zero attached hydrogens (tertiary/aromatic N) is 6. The number of rotatable bonds is 6. The van der Waals surface area contributed by atoms with Crippen LogP contribution in [0.3, 0.4) is 0 Å². The summed E-state index contributed by atoms with van der Waals surface area (Å²) in [4.78, 5) is 35.9. The molecule has 32 heavy (non-hydrogen) atoms. The van der Waals surface area contributed by atoms with E-state index in [2.05, 4.69) is 42.3 Å². The van der Waals surface area contributed by atoms with Gasteiger partial charge in [0, 0.05) is 25.2 Å². The molecule has 0 bridgehead atoms. The van der Waals surface area contributed by atoms with Gasteiger partial charge in [-0.1, -0.05) is 26.0 Å². The van der Waals surface area contributed by atoms with Gasteiger partial charge in [-0.2, -0.15) is 0 Å². The maximum Gasteiger partial charge on any atom is 0.261 e. The van der Waals surface area contributed by atoms with Gasteiger partial charge in [-0.05, 0) is 43.9 Å². The van der Waals surface area contributed by atoms with E-state index in [9.17, 15) is 9.59 Å². The summed E-state index contributed by atoms with van der Waals surface area (Å²) in [6, 6.07) is 6.96. The second-order valence-electron chi connectivity index (χ2n) is 8.87. The molecule has 1 aliphatic heterocycles. The zero-order valence-electron chi connectivity index (χ0n) is 18.8. The van der Waals surface area contributed by atoms with E-state index >= 15 is 0 Å². The first-order chi connectivity index (χ1) is 15.4. The minimum atomic E-state index is -0.225. The molecule has 0 saturated heterocycles. The predicted molar refractivity (Wildman–Crippen MR) is 121 cm³/mol. The number of fused-ring (bicyclic) bond motifs is 4. The van der Waals surface area contributed by atoms with E-state index in [1.54, 1.807) is 35.1 Å². The van der Waals surface area contributed by atoms with E-state index in [-0.39, 0.29) is 11.8 Å². The van der Waals surface area contributed by atoms with Crippen LogP contribution in [-0.4, -0.2) is 47.4 Å². The molecule has 0 spiro atoms. The van der Waals surface area contributed by atoms with Crippen LogP contribution in [0.15, 0.2) is 30.6 Å². The van der Waals surface area contributed by atoms with Crippen molar-refractivity contribution >= 4 is 28.5 Å². The summed E-state index contributed by atoms with van der Waals surface area (Å²) in [6.45, 7) is 9.87. The van der Waals surface area contributed by atoms with Crippen molar-refractivity contribution in [1.29, 1.82) is 0 Å². The van der Waals surface area contributed by atoms with Crippen molar-refractivity contribution in [2.45, 2.75) is 47.1 Å². The molecule has 5 rings (SSSR count). The minimum Gasteiger partial charge on any atom is -0.329 e. The molecule has 4 heterocycles. The average molecular weight is 431 g/mol. The third-order valence-electron chi connectivity index (χ3n) is 6.20. The molecular weight excluding hydrogens is 404 g/mol. The summed E-state index contributed by atoms with van der Waals surface area (Å²) < 4.78 is 3.98. The lowest BCUT2D eigenvalue weighted by atomic mass is 10.1. The Morgan fingerprint density at radius 3 is 2.34 bits per heavy atom. The molecule has 0 atom stereocenters. The van der Waals surface area contributed by atoms with Crippen LogP contribution >= 0.6 is 0 Å². The topological polar surface area (TPSA) is 85.4 Å². The van der Waals surface area contributed by atoms with Crippen LogP contribution in [0.2, 0.25) is 0 Å². The molecular formula is C24H26N6O2. The molecule has 1 aromatic carbocycles. The van der Waals surface area contributed by atoms with Gasteiger partial charge in [0.05, 0.1) is 16.5 Å². The van der Waals surface area contributed by atoms with Gasteiger partial charge < -0.3 is 4.57 Å². The summed E-state index contributed by atoms with van der Waals surface area (Å²) in [6.07, 6.45) is 2.89. The fourth-order valence-electron chi connectivity index (χ4n) is 4.51. The van der Waals surface area contributed by atoms with Gasteiger partial charge in [0.25, 0.3) is 11.8 Å². The highest BCUT2D eigenvalue weighted by Gasteiger charge is 2.34. The fourth-order valence-corrected chi connectivity index (χ4v) is 4.51. The second kappa shape index (κ2) is 7.55. The van der Waals surface area contributed by atoms with E-state index in [1.165, 1.54) is 16.2 Å². The van der Waals surface area contributed by atoms with Crippen molar-refractivity contribution in [3.63, 3.8) is 0 Å². The lowest BCUT2D eigenvalue weighted by Crippen LogP contribution is -2.31. The van der Waals surface area contributed by atoms with Gasteiger partial charge >= 0.3 is 0 Å². The maximum atomic E-state index is 12.5. The Balaban J connectivity index is 1.38. The second-order valence-corrected chi connectivity index (χ2v) is 8.87. The average Bonchev–Trinajstić information content (AvgIpc) is 3.37. The lowest BCUT2D eigenvalue weighted by Gasteiger charge is -2.12. The number of hydrogen-bond donors (Lipinski definition) is 0.